The van der Waals surface area contributed by atoms with Gasteiger partial charge in [0.25, 0.3) is 0 Å². The lowest BCUT2D eigenvalue weighted by Crippen LogP contribution is -2.36. The number of hydrogen-bond acceptors (Lipinski definition) is 2. The molecule has 0 amide bonds. The van der Waals surface area contributed by atoms with Gasteiger partial charge in [-0.3, -0.25) is 0 Å². The molecule has 24 heavy (non-hydrogen) atoms. The standard InChI is InChI=1S/C21H36O2Si/c1-4-5-6-7-8-15-24(3)16-13-19(14-17-24)18-23-21-11-9-20(22-2)10-12-21/h9-12,19H,4-8,13-18H2,1-3H3. The average molecular weight is 349 g/mol. The largest absolute Gasteiger partial charge is 0.497 e. The second-order valence-corrected chi connectivity index (χ2v) is 13.0. The first-order valence-electron chi connectivity index (χ1n) is 9.92. The predicted molar refractivity (Wildman–Crippen MR) is 106 cm³/mol. The van der Waals surface area contributed by atoms with Gasteiger partial charge in [0.15, 0.2) is 0 Å². The number of methoxy groups -OCH3 is 1. The summed E-state index contributed by atoms with van der Waals surface area (Å²) in [5, 5.41) is 0. The van der Waals surface area contributed by atoms with Gasteiger partial charge in [-0.2, -0.15) is 0 Å². The predicted octanol–water partition coefficient (Wildman–Crippen LogP) is 6.53. The van der Waals surface area contributed by atoms with Crippen molar-refractivity contribution in [2.24, 2.45) is 5.92 Å². The smallest absolute Gasteiger partial charge is 0.119 e. The molecule has 1 heterocycles. The molecular weight excluding hydrogens is 312 g/mol. The van der Waals surface area contributed by atoms with Crippen LogP contribution in [0.3, 0.4) is 0 Å². The first kappa shape index (κ1) is 19.4. The maximum Gasteiger partial charge on any atom is 0.119 e. The van der Waals surface area contributed by atoms with Gasteiger partial charge in [-0.05, 0) is 43.0 Å². The Morgan fingerprint density at radius 2 is 1.58 bits per heavy atom. The van der Waals surface area contributed by atoms with Crippen LogP contribution in [0.5, 0.6) is 11.5 Å². The van der Waals surface area contributed by atoms with Gasteiger partial charge in [0.05, 0.1) is 21.8 Å². The molecule has 1 saturated heterocycles. The van der Waals surface area contributed by atoms with Crippen LogP contribution in [0.15, 0.2) is 24.3 Å². The van der Waals surface area contributed by atoms with Crippen molar-refractivity contribution >= 4 is 8.07 Å². The van der Waals surface area contributed by atoms with Gasteiger partial charge < -0.3 is 9.47 Å². The van der Waals surface area contributed by atoms with E-state index in [0.717, 1.165) is 24.0 Å². The van der Waals surface area contributed by atoms with Crippen molar-refractivity contribution in [3.63, 3.8) is 0 Å². The van der Waals surface area contributed by atoms with Crippen LogP contribution >= 0.6 is 0 Å². The van der Waals surface area contributed by atoms with Crippen molar-refractivity contribution in [3.8, 4) is 11.5 Å². The Morgan fingerprint density at radius 3 is 2.21 bits per heavy atom. The van der Waals surface area contributed by atoms with E-state index in [2.05, 4.69) is 13.5 Å². The minimum atomic E-state index is -0.931. The van der Waals surface area contributed by atoms with E-state index in [0.29, 0.717) is 0 Å². The van der Waals surface area contributed by atoms with Crippen LogP contribution in [0.4, 0.5) is 0 Å². The van der Waals surface area contributed by atoms with Gasteiger partial charge in [0, 0.05) is 0 Å². The lowest BCUT2D eigenvalue weighted by molar-refractivity contribution is 0.235. The number of benzene rings is 1. The van der Waals surface area contributed by atoms with Crippen molar-refractivity contribution in [1.82, 2.24) is 0 Å². The monoisotopic (exact) mass is 348 g/mol. The van der Waals surface area contributed by atoms with Crippen LogP contribution in [0.2, 0.25) is 24.7 Å². The molecule has 0 radical (unpaired) electrons. The quantitative estimate of drug-likeness (QED) is 0.353. The molecule has 1 fully saturated rings. The fourth-order valence-corrected chi connectivity index (χ4v) is 7.90. The first-order valence-corrected chi connectivity index (χ1v) is 13.0. The fourth-order valence-electron chi connectivity index (χ4n) is 3.83. The fraction of sp³-hybridized carbons (Fsp3) is 0.714. The normalized spacial score (nSPS) is 23.9. The van der Waals surface area contributed by atoms with Gasteiger partial charge in [-0.1, -0.05) is 63.7 Å². The van der Waals surface area contributed by atoms with E-state index in [9.17, 15) is 0 Å². The first-order chi connectivity index (χ1) is 11.6. The van der Waals surface area contributed by atoms with E-state index in [1.807, 2.05) is 24.3 Å². The number of hydrogen-bond donors (Lipinski definition) is 0. The van der Waals surface area contributed by atoms with E-state index in [1.165, 1.54) is 57.0 Å². The van der Waals surface area contributed by atoms with Crippen LogP contribution in [-0.2, 0) is 0 Å². The Morgan fingerprint density at radius 1 is 0.958 bits per heavy atom. The van der Waals surface area contributed by atoms with Crippen LogP contribution in [0, 0.1) is 5.92 Å². The highest BCUT2D eigenvalue weighted by Gasteiger charge is 2.32. The second kappa shape index (κ2) is 10.1. The molecule has 3 heteroatoms. The third-order valence-electron chi connectivity index (χ3n) is 5.74. The van der Waals surface area contributed by atoms with Crippen molar-refractivity contribution < 1.29 is 9.47 Å². The summed E-state index contributed by atoms with van der Waals surface area (Å²) < 4.78 is 11.2. The van der Waals surface area contributed by atoms with Crippen molar-refractivity contribution in [1.29, 1.82) is 0 Å². The van der Waals surface area contributed by atoms with Gasteiger partial charge in [0.2, 0.25) is 0 Å². The number of unbranched alkanes of at least 4 members (excludes halogenated alkanes) is 4. The van der Waals surface area contributed by atoms with E-state index < -0.39 is 8.07 Å². The average Bonchev–Trinajstić information content (AvgIpc) is 2.61. The highest BCUT2D eigenvalue weighted by molar-refractivity contribution is 6.78. The summed E-state index contributed by atoms with van der Waals surface area (Å²) in [5.41, 5.74) is 0. The molecular formula is C21H36O2Si. The molecule has 136 valence electrons. The molecule has 0 bridgehead atoms. The zero-order valence-electron chi connectivity index (χ0n) is 16.0. The zero-order valence-corrected chi connectivity index (χ0v) is 17.0. The summed E-state index contributed by atoms with van der Waals surface area (Å²) in [5.74, 6) is 2.62. The minimum absolute atomic E-state index is 0.757. The molecule has 1 aliphatic rings. The molecule has 1 aromatic carbocycles. The third kappa shape index (κ3) is 6.50. The Balaban J connectivity index is 1.64. The molecule has 2 rings (SSSR count). The Labute approximate surface area is 150 Å². The van der Waals surface area contributed by atoms with Crippen molar-refractivity contribution in [3.05, 3.63) is 24.3 Å². The maximum absolute atomic E-state index is 6.00. The lowest BCUT2D eigenvalue weighted by atomic mass is 10.0. The molecule has 2 nitrogen and oxygen atoms in total. The van der Waals surface area contributed by atoms with E-state index in [4.69, 9.17) is 9.47 Å². The summed E-state index contributed by atoms with van der Waals surface area (Å²) in [6.45, 7) is 5.83. The summed E-state index contributed by atoms with van der Waals surface area (Å²) in [6, 6.07) is 12.5. The van der Waals surface area contributed by atoms with Gasteiger partial charge >= 0.3 is 0 Å². The number of ether oxygens (including phenoxy) is 2. The summed E-state index contributed by atoms with van der Waals surface area (Å²) >= 11 is 0. The molecule has 0 spiro atoms. The van der Waals surface area contributed by atoms with Crippen LogP contribution in [0.25, 0.3) is 0 Å². The van der Waals surface area contributed by atoms with Crippen LogP contribution in [0.1, 0.15) is 51.9 Å². The lowest BCUT2D eigenvalue weighted by Gasteiger charge is -2.35. The molecule has 1 aliphatic heterocycles. The molecule has 0 unspecified atom stereocenters. The second-order valence-electron chi connectivity index (χ2n) is 7.90. The molecule has 0 N–H and O–H groups in total. The van der Waals surface area contributed by atoms with Gasteiger partial charge in [-0.25, -0.2) is 0 Å². The Hall–Kier alpha value is -0.963. The Bertz CT molecular complexity index is 449. The Kier molecular flexibility index (Phi) is 8.17. The number of rotatable bonds is 10. The van der Waals surface area contributed by atoms with Gasteiger partial charge in [-0.15, -0.1) is 0 Å². The minimum Gasteiger partial charge on any atom is -0.497 e. The third-order valence-corrected chi connectivity index (χ3v) is 10.3. The topological polar surface area (TPSA) is 18.5 Å². The SMILES string of the molecule is CCCCCCC[Si]1(C)CCC(COc2ccc(OC)cc2)CC1. The molecule has 0 atom stereocenters. The van der Waals surface area contributed by atoms with Crippen molar-refractivity contribution in [2.45, 2.75) is 76.5 Å². The maximum atomic E-state index is 6.00. The summed E-state index contributed by atoms with van der Waals surface area (Å²) in [7, 11) is 0.766. The van der Waals surface area contributed by atoms with Crippen LogP contribution < -0.4 is 9.47 Å². The summed E-state index contributed by atoms with van der Waals surface area (Å²) in [6.07, 6.45) is 9.92. The highest BCUT2D eigenvalue weighted by Crippen LogP contribution is 2.36. The molecule has 0 aromatic heterocycles. The summed E-state index contributed by atoms with van der Waals surface area (Å²) in [4.78, 5) is 0. The van der Waals surface area contributed by atoms with E-state index in [-0.39, 0.29) is 0 Å². The highest BCUT2D eigenvalue weighted by atomic mass is 28.3. The zero-order chi connectivity index (χ0) is 17.3. The van der Waals surface area contributed by atoms with Gasteiger partial charge in [0.1, 0.15) is 11.5 Å². The van der Waals surface area contributed by atoms with Crippen molar-refractivity contribution in [2.75, 3.05) is 13.7 Å². The molecule has 0 saturated carbocycles. The van der Waals surface area contributed by atoms with E-state index in [1.54, 1.807) is 13.2 Å². The molecule has 1 aromatic rings. The molecule has 0 aliphatic carbocycles. The van der Waals surface area contributed by atoms with Crippen LogP contribution in [-0.4, -0.2) is 21.8 Å². The van der Waals surface area contributed by atoms with E-state index >= 15 is 0 Å².